The summed E-state index contributed by atoms with van der Waals surface area (Å²) in [4.78, 5) is 29.0. The molecule has 0 unspecified atom stereocenters. The zero-order valence-corrected chi connectivity index (χ0v) is 14.3. The zero-order valence-electron chi connectivity index (χ0n) is 14.3. The van der Waals surface area contributed by atoms with Gasteiger partial charge in [-0.2, -0.15) is 0 Å². The van der Waals surface area contributed by atoms with E-state index in [-0.39, 0.29) is 12.5 Å². The Kier molecular flexibility index (Phi) is 5.46. The highest BCUT2D eigenvalue weighted by Gasteiger charge is 2.24. The quantitative estimate of drug-likeness (QED) is 0.832. The molecule has 128 valence electrons. The van der Waals surface area contributed by atoms with Crippen molar-refractivity contribution in [2.24, 2.45) is 5.92 Å². The Morgan fingerprint density at radius 1 is 1.43 bits per heavy atom. The van der Waals surface area contributed by atoms with Gasteiger partial charge in [0.2, 0.25) is 0 Å². The third-order valence-electron chi connectivity index (χ3n) is 4.45. The van der Waals surface area contributed by atoms with Gasteiger partial charge in [0.05, 0.1) is 6.10 Å². The van der Waals surface area contributed by atoms with Crippen molar-refractivity contribution < 1.29 is 19.4 Å². The summed E-state index contributed by atoms with van der Waals surface area (Å²) in [6.07, 6.45) is 1.46. The topological polar surface area (TPSA) is 82.6 Å². The lowest BCUT2D eigenvalue weighted by Crippen LogP contribution is -2.41. The Morgan fingerprint density at radius 3 is 2.70 bits per heavy atom. The van der Waals surface area contributed by atoms with Crippen molar-refractivity contribution in [2.45, 2.75) is 46.6 Å². The van der Waals surface area contributed by atoms with Crippen LogP contribution < -0.4 is 0 Å². The molecule has 0 aliphatic carbocycles. The first kappa shape index (κ1) is 17.5. The van der Waals surface area contributed by atoms with Crippen molar-refractivity contribution in [1.29, 1.82) is 0 Å². The summed E-state index contributed by atoms with van der Waals surface area (Å²) < 4.78 is 5.16. The molecule has 2 N–H and O–H groups in total. The highest BCUT2D eigenvalue weighted by molar-refractivity contribution is 5.91. The number of aliphatic hydroxyl groups excluding tert-OH is 1. The Morgan fingerprint density at radius 2 is 2.13 bits per heavy atom. The minimum atomic E-state index is -0.663. The Hall–Kier alpha value is -1.82. The normalized spacial score (nSPS) is 19.5. The van der Waals surface area contributed by atoms with Crippen LogP contribution in [0.25, 0.3) is 0 Å². The summed E-state index contributed by atoms with van der Waals surface area (Å²) in [6.45, 7) is 8.54. The number of rotatable bonds is 4. The molecule has 0 bridgehead atoms. The number of aryl methyl sites for hydroxylation is 1. The molecule has 1 aliphatic rings. The number of H-pyrrole nitrogens is 1. The molecule has 1 aromatic heterocycles. The van der Waals surface area contributed by atoms with Crippen LogP contribution in [0.15, 0.2) is 0 Å². The van der Waals surface area contributed by atoms with E-state index in [4.69, 9.17) is 4.74 Å². The van der Waals surface area contributed by atoms with Gasteiger partial charge >= 0.3 is 5.97 Å². The number of aliphatic hydroxyl groups is 1. The summed E-state index contributed by atoms with van der Waals surface area (Å²) in [5.74, 6) is -0.220. The van der Waals surface area contributed by atoms with Crippen LogP contribution in [-0.4, -0.2) is 46.6 Å². The summed E-state index contributed by atoms with van der Waals surface area (Å²) >= 11 is 0. The number of hydrogen-bond acceptors (Lipinski definition) is 4. The van der Waals surface area contributed by atoms with Crippen molar-refractivity contribution in [3.05, 3.63) is 22.5 Å². The number of nitrogens with zero attached hydrogens (tertiary/aromatic N) is 1. The molecular formula is C17H26N2O4. The van der Waals surface area contributed by atoms with Gasteiger partial charge in [0.15, 0.2) is 6.61 Å². The van der Waals surface area contributed by atoms with E-state index in [2.05, 4.69) is 11.9 Å². The predicted octanol–water partition coefficient (Wildman–Crippen LogP) is 2.10. The summed E-state index contributed by atoms with van der Waals surface area (Å²) in [6, 6.07) is 0. The van der Waals surface area contributed by atoms with Crippen molar-refractivity contribution in [2.75, 3.05) is 19.7 Å². The molecule has 0 radical (unpaired) electrons. The number of ether oxygens (including phenoxy) is 1. The third kappa shape index (κ3) is 3.93. The van der Waals surface area contributed by atoms with E-state index in [0.717, 1.165) is 31.6 Å². The van der Waals surface area contributed by atoms with Crippen LogP contribution in [0.3, 0.4) is 0 Å². The molecule has 1 saturated heterocycles. The Bertz CT molecular complexity index is 592. The summed E-state index contributed by atoms with van der Waals surface area (Å²) in [5, 5.41) is 9.76. The van der Waals surface area contributed by atoms with E-state index in [1.165, 1.54) is 0 Å². The monoisotopic (exact) mass is 322 g/mol. The minimum Gasteiger partial charge on any atom is -0.451 e. The van der Waals surface area contributed by atoms with Crippen LogP contribution in [0, 0.1) is 19.8 Å². The average molecular weight is 322 g/mol. The third-order valence-corrected chi connectivity index (χ3v) is 4.45. The Balaban J connectivity index is 1.97. The fraction of sp³-hybridized carbons (Fsp3) is 0.647. The van der Waals surface area contributed by atoms with E-state index < -0.39 is 12.1 Å². The van der Waals surface area contributed by atoms with E-state index in [1.54, 1.807) is 25.7 Å². The van der Waals surface area contributed by atoms with Gasteiger partial charge in [-0.1, -0.05) is 6.92 Å². The highest BCUT2D eigenvalue weighted by atomic mass is 16.5. The number of hydrogen-bond donors (Lipinski definition) is 2. The number of piperidine rings is 1. The molecule has 1 aromatic rings. The number of amides is 1. The second-order valence-corrected chi connectivity index (χ2v) is 6.50. The van der Waals surface area contributed by atoms with E-state index in [0.29, 0.717) is 22.7 Å². The molecule has 6 heteroatoms. The number of esters is 1. The minimum absolute atomic E-state index is 0.151. The van der Waals surface area contributed by atoms with Crippen LogP contribution >= 0.6 is 0 Å². The molecule has 0 spiro atoms. The molecule has 1 amide bonds. The van der Waals surface area contributed by atoms with Crippen molar-refractivity contribution in [3.63, 3.8) is 0 Å². The number of carbonyl (C=O) groups is 2. The predicted molar refractivity (Wildman–Crippen MR) is 86.2 cm³/mol. The smallest absolute Gasteiger partial charge is 0.355 e. The summed E-state index contributed by atoms with van der Waals surface area (Å²) in [7, 11) is 0. The first-order valence-electron chi connectivity index (χ1n) is 8.13. The lowest BCUT2D eigenvalue weighted by atomic mass is 10.0. The SMILES string of the molecule is Cc1[nH]c(C(=O)OCC(=O)N2CCC[C@@H](C)C2)c(C)c1[C@@H](C)O. The van der Waals surface area contributed by atoms with Gasteiger partial charge in [-0.3, -0.25) is 4.79 Å². The van der Waals surface area contributed by atoms with E-state index in [9.17, 15) is 14.7 Å². The van der Waals surface area contributed by atoms with Crippen LogP contribution in [-0.2, 0) is 9.53 Å². The maximum atomic E-state index is 12.2. The Labute approximate surface area is 136 Å². The lowest BCUT2D eigenvalue weighted by molar-refractivity contribution is -0.136. The van der Waals surface area contributed by atoms with Gasteiger partial charge < -0.3 is 19.7 Å². The highest BCUT2D eigenvalue weighted by Crippen LogP contribution is 2.25. The fourth-order valence-electron chi connectivity index (χ4n) is 3.30. The molecular weight excluding hydrogens is 296 g/mol. The maximum absolute atomic E-state index is 12.2. The fourth-order valence-corrected chi connectivity index (χ4v) is 3.30. The van der Waals surface area contributed by atoms with Crippen LogP contribution in [0.1, 0.15) is 60.1 Å². The van der Waals surface area contributed by atoms with E-state index >= 15 is 0 Å². The van der Waals surface area contributed by atoms with Crippen molar-refractivity contribution in [1.82, 2.24) is 9.88 Å². The van der Waals surface area contributed by atoms with E-state index in [1.807, 2.05) is 0 Å². The molecule has 1 aliphatic heterocycles. The average Bonchev–Trinajstić information content (AvgIpc) is 2.79. The molecule has 23 heavy (non-hydrogen) atoms. The van der Waals surface area contributed by atoms with Crippen molar-refractivity contribution in [3.8, 4) is 0 Å². The molecule has 0 aromatic carbocycles. The van der Waals surface area contributed by atoms with Crippen molar-refractivity contribution >= 4 is 11.9 Å². The number of carbonyl (C=O) groups excluding carboxylic acids is 2. The molecule has 2 rings (SSSR count). The maximum Gasteiger partial charge on any atom is 0.355 e. The molecule has 1 fully saturated rings. The van der Waals surface area contributed by atoms with Gasteiger partial charge in [0, 0.05) is 24.3 Å². The van der Waals surface area contributed by atoms with Gasteiger partial charge in [-0.05, 0) is 45.1 Å². The second-order valence-electron chi connectivity index (χ2n) is 6.50. The van der Waals surface area contributed by atoms with Gasteiger partial charge in [0.25, 0.3) is 5.91 Å². The number of likely N-dealkylation sites (tertiary alicyclic amines) is 1. The standard InChI is InChI=1S/C17H26N2O4/c1-10-6-5-7-19(8-10)14(21)9-23-17(22)16-11(2)15(13(4)20)12(3)18-16/h10,13,18,20H,5-9H2,1-4H3/t10-,13-/m1/s1. The molecule has 0 saturated carbocycles. The molecule has 2 heterocycles. The lowest BCUT2D eigenvalue weighted by Gasteiger charge is -2.30. The van der Waals surface area contributed by atoms with Gasteiger partial charge in [-0.15, -0.1) is 0 Å². The van der Waals surface area contributed by atoms with Crippen LogP contribution in [0.2, 0.25) is 0 Å². The second kappa shape index (κ2) is 7.17. The molecule has 2 atom stereocenters. The van der Waals surface area contributed by atoms with Gasteiger partial charge in [0.1, 0.15) is 5.69 Å². The zero-order chi connectivity index (χ0) is 17.1. The number of aromatic amines is 1. The summed E-state index contributed by atoms with van der Waals surface area (Å²) in [5.41, 5.74) is 2.41. The van der Waals surface area contributed by atoms with Crippen LogP contribution in [0.5, 0.6) is 0 Å². The van der Waals surface area contributed by atoms with Gasteiger partial charge in [-0.25, -0.2) is 4.79 Å². The number of nitrogens with one attached hydrogen (secondary N) is 1. The first-order chi connectivity index (χ1) is 10.8. The first-order valence-corrected chi connectivity index (χ1v) is 8.13. The molecule has 6 nitrogen and oxygen atoms in total. The largest absolute Gasteiger partial charge is 0.451 e. The van der Waals surface area contributed by atoms with Crippen LogP contribution in [0.4, 0.5) is 0 Å². The number of aromatic nitrogens is 1.